The van der Waals surface area contributed by atoms with Gasteiger partial charge in [-0.25, -0.2) is 4.98 Å². The summed E-state index contributed by atoms with van der Waals surface area (Å²) in [6.45, 7) is 6.24. The first-order chi connectivity index (χ1) is 9.95. The van der Waals surface area contributed by atoms with Crippen LogP contribution in [0.15, 0.2) is 18.2 Å². The molecule has 1 aromatic carbocycles. The van der Waals surface area contributed by atoms with Crippen molar-refractivity contribution in [1.29, 1.82) is 0 Å². The zero-order valence-electron chi connectivity index (χ0n) is 12.8. The fraction of sp³-hybridized carbons (Fsp3) is 0.400. The second kappa shape index (κ2) is 6.39. The third-order valence-electron chi connectivity index (χ3n) is 3.29. The summed E-state index contributed by atoms with van der Waals surface area (Å²) in [5, 5.41) is 6.76. The third-order valence-corrected chi connectivity index (χ3v) is 3.29. The van der Waals surface area contributed by atoms with Crippen LogP contribution in [0, 0.1) is 20.8 Å². The topological polar surface area (TPSA) is 71.1 Å². The predicted octanol–water partition coefficient (Wildman–Crippen LogP) is 1.77. The van der Waals surface area contributed by atoms with Crippen molar-refractivity contribution in [2.75, 3.05) is 13.7 Å². The summed E-state index contributed by atoms with van der Waals surface area (Å²) in [4.78, 5) is 17.7. The third kappa shape index (κ3) is 4.05. The van der Waals surface area contributed by atoms with Gasteiger partial charge in [-0.3, -0.25) is 9.89 Å². The van der Waals surface area contributed by atoms with Gasteiger partial charge in [0, 0.05) is 7.05 Å². The molecule has 2 rings (SSSR count). The highest BCUT2D eigenvalue weighted by Gasteiger charge is 2.12. The number of hydrogen-bond acceptors (Lipinski definition) is 4. The van der Waals surface area contributed by atoms with Gasteiger partial charge in [0.1, 0.15) is 11.6 Å². The number of aromatic nitrogens is 3. The number of rotatable bonds is 5. The highest BCUT2D eigenvalue weighted by Crippen LogP contribution is 2.16. The number of nitrogens with zero attached hydrogens (tertiary/aromatic N) is 3. The summed E-state index contributed by atoms with van der Waals surface area (Å²) in [6, 6.07) is 5.78. The molecular formula is C15H20N4O2. The van der Waals surface area contributed by atoms with E-state index in [1.165, 1.54) is 5.56 Å². The number of aryl methyl sites for hydroxylation is 3. The monoisotopic (exact) mass is 288 g/mol. The lowest BCUT2D eigenvalue weighted by molar-refractivity contribution is -0.132. The molecule has 0 fully saturated rings. The highest BCUT2D eigenvalue weighted by molar-refractivity contribution is 5.77. The molecule has 0 aliphatic heterocycles. The van der Waals surface area contributed by atoms with E-state index in [9.17, 15) is 4.79 Å². The van der Waals surface area contributed by atoms with E-state index in [1.807, 2.05) is 39.0 Å². The normalized spacial score (nSPS) is 10.5. The SMILES string of the molecule is Cc1nc(CN(C)C(=O)COc2ccc(C)c(C)c2)n[nH]1. The molecule has 6 heteroatoms. The molecule has 0 aliphatic rings. The minimum absolute atomic E-state index is 0.00239. The molecule has 1 aromatic heterocycles. The maximum absolute atomic E-state index is 12.0. The Morgan fingerprint density at radius 2 is 2.05 bits per heavy atom. The molecule has 0 saturated carbocycles. The number of H-pyrrole nitrogens is 1. The largest absolute Gasteiger partial charge is 0.484 e. The van der Waals surface area contributed by atoms with Gasteiger partial charge in [-0.2, -0.15) is 5.10 Å². The summed E-state index contributed by atoms with van der Waals surface area (Å²) in [5.74, 6) is 1.91. The lowest BCUT2D eigenvalue weighted by Crippen LogP contribution is -2.31. The number of nitrogens with one attached hydrogen (secondary N) is 1. The summed E-state index contributed by atoms with van der Waals surface area (Å²) in [5.41, 5.74) is 2.34. The molecule has 1 amide bonds. The van der Waals surface area contributed by atoms with Gasteiger partial charge in [-0.05, 0) is 44.0 Å². The second-order valence-electron chi connectivity index (χ2n) is 5.12. The van der Waals surface area contributed by atoms with Crippen LogP contribution in [-0.4, -0.2) is 39.6 Å². The van der Waals surface area contributed by atoms with Crippen molar-refractivity contribution in [1.82, 2.24) is 20.1 Å². The van der Waals surface area contributed by atoms with Crippen molar-refractivity contribution in [3.05, 3.63) is 41.0 Å². The Morgan fingerprint density at radius 3 is 2.67 bits per heavy atom. The van der Waals surface area contributed by atoms with Gasteiger partial charge in [0.2, 0.25) is 0 Å². The van der Waals surface area contributed by atoms with E-state index in [-0.39, 0.29) is 12.5 Å². The van der Waals surface area contributed by atoms with Crippen LogP contribution < -0.4 is 4.74 Å². The smallest absolute Gasteiger partial charge is 0.260 e. The molecule has 21 heavy (non-hydrogen) atoms. The first kappa shape index (κ1) is 15.0. The van der Waals surface area contributed by atoms with E-state index in [4.69, 9.17) is 4.74 Å². The van der Waals surface area contributed by atoms with Gasteiger partial charge < -0.3 is 9.64 Å². The number of carbonyl (C=O) groups excluding carboxylic acids is 1. The van der Waals surface area contributed by atoms with Gasteiger partial charge in [-0.1, -0.05) is 6.07 Å². The maximum Gasteiger partial charge on any atom is 0.260 e. The van der Waals surface area contributed by atoms with Crippen molar-refractivity contribution < 1.29 is 9.53 Å². The first-order valence-corrected chi connectivity index (χ1v) is 6.77. The lowest BCUT2D eigenvalue weighted by Gasteiger charge is -2.16. The number of aromatic amines is 1. The second-order valence-corrected chi connectivity index (χ2v) is 5.12. The minimum atomic E-state index is -0.115. The Balaban J connectivity index is 1.87. The predicted molar refractivity (Wildman–Crippen MR) is 79.0 cm³/mol. The average Bonchev–Trinajstić information content (AvgIpc) is 2.85. The molecule has 0 spiro atoms. The standard InChI is InChI=1S/C15H20N4O2/c1-10-5-6-13(7-11(10)2)21-9-15(20)19(4)8-14-16-12(3)17-18-14/h5-7H,8-9H2,1-4H3,(H,16,17,18). The lowest BCUT2D eigenvalue weighted by atomic mass is 10.1. The molecule has 1 heterocycles. The van der Waals surface area contributed by atoms with E-state index in [1.54, 1.807) is 11.9 Å². The van der Waals surface area contributed by atoms with E-state index in [2.05, 4.69) is 15.2 Å². The molecule has 2 aromatic rings. The number of carbonyl (C=O) groups is 1. The molecule has 0 aliphatic carbocycles. The van der Waals surface area contributed by atoms with Gasteiger partial charge >= 0.3 is 0 Å². The molecule has 0 bridgehead atoms. The van der Waals surface area contributed by atoms with Crippen LogP contribution in [0.4, 0.5) is 0 Å². The summed E-state index contributed by atoms with van der Waals surface area (Å²) in [7, 11) is 1.71. The molecule has 0 atom stereocenters. The molecule has 6 nitrogen and oxygen atoms in total. The van der Waals surface area contributed by atoms with Crippen molar-refractivity contribution in [3.8, 4) is 5.75 Å². The van der Waals surface area contributed by atoms with Crippen LogP contribution >= 0.6 is 0 Å². The summed E-state index contributed by atoms with van der Waals surface area (Å²) >= 11 is 0. The van der Waals surface area contributed by atoms with Crippen LogP contribution in [0.3, 0.4) is 0 Å². The van der Waals surface area contributed by atoms with Crippen LogP contribution in [0.1, 0.15) is 22.8 Å². The van der Waals surface area contributed by atoms with Crippen LogP contribution in [-0.2, 0) is 11.3 Å². The van der Waals surface area contributed by atoms with Gasteiger partial charge in [-0.15, -0.1) is 0 Å². The van der Waals surface area contributed by atoms with Crippen LogP contribution in [0.5, 0.6) is 5.75 Å². The van der Waals surface area contributed by atoms with E-state index < -0.39 is 0 Å². The van der Waals surface area contributed by atoms with E-state index in [0.717, 1.165) is 11.4 Å². The quantitative estimate of drug-likeness (QED) is 0.910. The fourth-order valence-electron chi connectivity index (χ4n) is 1.82. The number of likely N-dealkylation sites (N-methyl/N-ethyl adjacent to an activating group) is 1. The molecule has 0 saturated heterocycles. The number of hydrogen-bond donors (Lipinski definition) is 1. The van der Waals surface area contributed by atoms with Crippen molar-refractivity contribution in [2.24, 2.45) is 0 Å². The Labute approximate surface area is 124 Å². The fourth-order valence-corrected chi connectivity index (χ4v) is 1.82. The average molecular weight is 288 g/mol. The van der Waals surface area contributed by atoms with Gasteiger partial charge in [0.15, 0.2) is 12.4 Å². The Bertz CT molecular complexity index is 636. The van der Waals surface area contributed by atoms with Crippen molar-refractivity contribution in [2.45, 2.75) is 27.3 Å². The highest BCUT2D eigenvalue weighted by atomic mass is 16.5. The molecular weight excluding hydrogens is 268 g/mol. The Morgan fingerprint density at radius 1 is 1.29 bits per heavy atom. The van der Waals surface area contributed by atoms with Gasteiger partial charge in [0.25, 0.3) is 5.91 Å². The zero-order chi connectivity index (χ0) is 15.4. The van der Waals surface area contributed by atoms with Crippen molar-refractivity contribution >= 4 is 5.91 Å². The van der Waals surface area contributed by atoms with Crippen LogP contribution in [0.2, 0.25) is 0 Å². The molecule has 1 N–H and O–H groups in total. The summed E-state index contributed by atoms with van der Waals surface area (Å²) in [6.07, 6.45) is 0. The molecule has 0 radical (unpaired) electrons. The number of amides is 1. The molecule has 0 unspecified atom stereocenters. The minimum Gasteiger partial charge on any atom is -0.484 e. The summed E-state index contributed by atoms with van der Waals surface area (Å²) < 4.78 is 5.53. The number of ether oxygens (including phenoxy) is 1. The number of benzene rings is 1. The maximum atomic E-state index is 12.0. The van der Waals surface area contributed by atoms with Crippen LogP contribution in [0.25, 0.3) is 0 Å². The zero-order valence-corrected chi connectivity index (χ0v) is 12.8. The van der Waals surface area contributed by atoms with E-state index in [0.29, 0.717) is 18.1 Å². The first-order valence-electron chi connectivity index (χ1n) is 6.77. The van der Waals surface area contributed by atoms with Crippen molar-refractivity contribution in [3.63, 3.8) is 0 Å². The Hall–Kier alpha value is -2.37. The van der Waals surface area contributed by atoms with Gasteiger partial charge in [0.05, 0.1) is 6.54 Å². The Kier molecular flexibility index (Phi) is 4.57. The molecule has 112 valence electrons. The van der Waals surface area contributed by atoms with E-state index >= 15 is 0 Å².